The minimum atomic E-state index is 0.352. The van der Waals surface area contributed by atoms with Crippen molar-refractivity contribution in [3.63, 3.8) is 0 Å². The van der Waals surface area contributed by atoms with E-state index in [1.807, 2.05) is 7.05 Å². The maximum absolute atomic E-state index is 3.52. The lowest BCUT2D eigenvalue weighted by Gasteiger charge is -2.19. The van der Waals surface area contributed by atoms with Crippen LogP contribution in [0.5, 0.6) is 0 Å². The molecule has 1 atom stereocenters. The summed E-state index contributed by atoms with van der Waals surface area (Å²) in [7, 11) is 6.17. The number of thiophene rings is 1. The minimum absolute atomic E-state index is 0.352. The summed E-state index contributed by atoms with van der Waals surface area (Å²) in [4.78, 5) is 3.53. The van der Waals surface area contributed by atoms with Crippen molar-refractivity contribution in [3.05, 3.63) is 50.6 Å². The SMILES string of the molecule is CNC(Cc1ccc(Br)s1)c1cccc(N(C)C)c1. The van der Waals surface area contributed by atoms with Crippen molar-refractivity contribution in [3.8, 4) is 0 Å². The molecular formula is C15H19BrN2S. The smallest absolute Gasteiger partial charge is 0.0701 e. The second-order valence-electron chi connectivity index (χ2n) is 4.74. The maximum atomic E-state index is 3.52. The van der Waals surface area contributed by atoms with E-state index in [2.05, 4.69) is 76.6 Å². The van der Waals surface area contributed by atoms with E-state index in [1.165, 1.54) is 19.9 Å². The molecule has 102 valence electrons. The molecule has 0 saturated carbocycles. The lowest BCUT2D eigenvalue weighted by molar-refractivity contribution is 0.596. The molecule has 0 amide bonds. The molecule has 0 aliphatic heterocycles. The highest BCUT2D eigenvalue weighted by Gasteiger charge is 2.12. The summed E-state index contributed by atoms with van der Waals surface area (Å²) in [5.74, 6) is 0. The molecule has 1 aromatic heterocycles. The van der Waals surface area contributed by atoms with Crippen molar-refractivity contribution in [2.45, 2.75) is 12.5 Å². The molecule has 2 rings (SSSR count). The summed E-state index contributed by atoms with van der Waals surface area (Å²) in [6.07, 6.45) is 1.02. The molecule has 0 bridgehead atoms. The molecule has 1 heterocycles. The molecule has 19 heavy (non-hydrogen) atoms. The van der Waals surface area contributed by atoms with Crippen LogP contribution in [0.1, 0.15) is 16.5 Å². The Balaban J connectivity index is 2.19. The van der Waals surface area contributed by atoms with Gasteiger partial charge in [-0.15, -0.1) is 11.3 Å². The predicted molar refractivity (Wildman–Crippen MR) is 88.3 cm³/mol. The van der Waals surface area contributed by atoms with E-state index in [0.29, 0.717) is 6.04 Å². The first-order chi connectivity index (χ1) is 9.10. The van der Waals surface area contributed by atoms with Crippen molar-refractivity contribution < 1.29 is 0 Å². The van der Waals surface area contributed by atoms with Gasteiger partial charge in [0, 0.05) is 37.1 Å². The highest BCUT2D eigenvalue weighted by molar-refractivity contribution is 9.11. The average molecular weight is 339 g/mol. The summed E-state index contributed by atoms with van der Waals surface area (Å²) in [5.41, 5.74) is 2.57. The number of anilines is 1. The third-order valence-corrected chi connectivity index (χ3v) is 4.82. The van der Waals surface area contributed by atoms with Crippen LogP contribution in [0, 0.1) is 0 Å². The zero-order chi connectivity index (χ0) is 13.8. The van der Waals surface area contributed by atoms with Crippen LogP contribution in [-0.2, 0) is 6.42 Å². The fraction of sp³-hybridized carbons (Fsp3) is 0.333. The van der Waals surface area contributed by atoms with Crippen molar-refractivity contribution in [2.24, 2.45) is 0 Å². The van der Waals surface area contributed by atoms with Crippen molar-refractivity contribution in [1.82, 2.24) is 5.32 Å². The van der Waals surface area contributed by atoms with Crippen LogP contribution in [0.25, 0.3) is 0 Å². The van der Waals surface area contributed by atoms with Gasteiger partial charge in [-0.3, -0.25) is 0 Å². The van der Waals surface area contributed by atoms with Crippen LogP contribution in [0.2, 0.25) is 0 Å². The molecule has 0 fully saturated rings. The van der Waals surface area contributed by atoms with Crippen LogP contribution in [-0.4, -0.2) is 21.1 Å². The quantitative estimate of drug-likeness (QED) is 0.883. The Morgan fingerprint density at radius 2 is 2.05 bits per heavy atom. The number of nitrogens with zero attached hydrogens (tertiary/aromatic N) is 1. The number of hydrogen-bond acceptors (Lipinski definition) is 3. The zero-order valence-electron chi connectivity index (χ0n) is 11.5. The second-order valence-corrected chi connectivity index (χ2v) is 7.29. The Morgan fingerprint density at radius 3 is 2.63 bits per heavy atom. The number of likely N-dealkylation sites (N-methyl/N-ethyl adjacent to an activating group) is 1. The van der Waals surface area contributed by atoms with E-state index >= 15 is 0 Å². The van der Waals surface area contributed by atoms with Gasteiger partial charge in [0.05, 0.1) is 3.79 Å². The van der Waals surface area contributed by atoms with Gasteiger partial charge in [0.2, 0.25) is 0 Å². The van der Waals surface area contributed by atoms with E-state index in [1.54, 1.807) is 11.3 Å². The van der Waals surface area contributed by atoms with E-state index in [9.17, 15) is 0 Å². The van der Waals surface area contributed by atoms with Gasteiger partial charge in [-0.05, 0) is 52.8 Å². The van der Waals surface area contributed by atoms with Gasteiger partial charge in [0.1, 0.15) is 0 Å². The zero-order valence-corrected chi connectivity index (χ0v) is 13.9. The number of halogens is 1. The summed E-state index contributed by atoms with van der Waals surface area (Å²) >= 11 is 5.33. The molecule has 1 N–H and O–H groups in total. The summed E-state index contributed by atoms with van der Waals surface area (Å²) in [5, 5.41) is 3.42. The van der Waals surface area contributed by atoms with Crippen LogP contribution < -0.4 is 10.2 Å². The first kappa shape index (κ1) is 14.6. The molecule has 2 nitrogen and oxygen atoms in total. The maximum Gasteiger partial charge on any atom is 0.0701 e. The minimum Gasteiger partial charge on any atom is -0.378 e. The first-order valence-corrected chi connectivity index (χ1v) is 7.90. The lowest BCUT2D eigenvalue weighted by Crippen LogP contribution is -2.19. The third-order valence-electron chi connectivity index (χ3n) is 3.17. The van der Waals surface area contributed by atoms with Gasteiger partial charge in [-0.25, -0.2) is 0 Å². The van der Waals surface area contributed by atoms with Crippen molar-refractivity contribution in [2.75, 3.05) is 26.0 Å². The van der Waals surface area contributed by atoms with Gasteiger partial charge in [-0.2, -0.15) is 0 Å². The molecule has 0 aliphatic rings. The standard InChI is InChI=1S/C15H19BrN2S/c1-17-14(10-13-7-8-15(16)19-13)11-5-4-6-12(9-11)18(2)3/h4-9,14,17H,10H2,1-3H3. The Morgan fingerprint density at radius 1 is 1.26 bits per heavy atom. The second kappa shape index (κ2) is 6.55. The topological polar surface area (TPSA) is 15.3 Å². The van der Waals surface area contributed by atoms with E-state index in [4.69, 9.17) is 0 Å². The van der Waals surface area contributed by atoms with E-state index < -0.39 is 0 Å². The average Bonchev–Trinajstić information content (AvgIpc) is 2.81. The first-order valence-electron chi connectivity index (χ1n) is 6.29. The summed E-state index contributed by atoms with van der Waals surface area (Å²) in [6, 6.07) is 13.4. The monoisotopic (exact) mass is 338 g/mol. The van der Waals surface area contributed by atoms with Crippen molar-refractivity contribution >= 4 is 33.0 Å². The number of rotatable bonds is 5. The van der Waals surface area contributed by atoms with Crippen LogP contribution in [0.15, 0.2) is 40.2 Å². The van der Waals surface area contributed by atoms with E-state index in [-0.39, 0.29) is 0 Å². The van der Waals surface area contributed by atoms with Crippen LogP contribution >= 0.6 is 27.3 Å². The lowest BCUT2D eigenvalue weighted by atomic mass is 10.0. The molecule has 1 unspecified atom stereocenters. The van der Waals surface area contributed by atoms with Gasteiger partial charge < -0.3 is 10.2 Å². The van der Waals surface area contributed by atoms with E-state index in [0.717, 1.165) is 6.42 Å². The Bertz CT molecular complexity index is 536. The molecule has 0 radical (unpaired) electrons. The van der Waals surface area contributed by atoms with Gasteiger partial charge >= 0.3 is 0 Å². The fourth-order valence-electron chi connectivity index (χ4n) is 2.07. The largest absolute Gasteiger partial charge is 0.378 e. The highest BCUT2D eigenvalue weighted by atomic mass is 79.9. The summed E-state index contributed by atoms with van der Waals surface area (Å²) in [6.45, 7) is 0. The Labute approximate surface area is 127 Å². The molecule has 4 heteroatoms. The van der Waals surface area contributed by atoms with Gasteiger partial charge in [-0.1, -0.05) is 12.1 Å². The molecule has 0 saturated heterocycles. The molecule has 1 aromatic carbocycles. The molecule has 0 spiro atoms. The number of nitrogens with one attached hydrogen (secondary N) is 1. The molecule has 2 aromatic rings. The Kier molecular flexibility index (Phi) is 5.02. The number of benzene rings is 1. The predicted octanol–water partition coefficient (Wildman–Crippen LogP) is 4.08. The normalized spacial score (nSPS) is 12.4. The van der Waals surface area contributed by atoms with Crippen molar-refractivity contribution in [1.29, 1.82) is 0 Å². The Hall–Kier alpha value is -0.840. The third kappa shape index (κ3) is 3.81. The highest BCUT2D eigenvalue weighted by Crippen LogP contribution is 2.28. The van der Waals surface area contributed by atoms with Gasteiger partial charge in [0.25, 0.3) is 0 Å². The van der Waals surface area contributed by atoms with Crippen LogP contribution in [0.4, 0.5) is 5.69 Å². The molecular weight excluding hydrogens is 320 g/mol. The number of hydrogen-bond donors (Lipinski definition) is 1. The molecule has 0 aliphatic carbocycles. The summed E-state index contributed by atoms with van der Waals surface area (Å²) < 4.78 is 1.19. The fourth-order valence-corrected chi connectivity index (χ4v) is 3.60. The van der Waals surface area contributed by atoms with Crippen LogP contribution in [0.3, 0.4) is 0 Å². The van der Waals surface area contributed by atoms with Gasteiger partial charge in [0.15, 0.2) is 0 Å².